The summed E-state index contributed by atoms with van der Waals surface area (Å²) >= 11 is 0. The maximum absolute atomic E-state index is 12.8. The Morgan fingerprint density at radius 1 is 1.12 bits per heavy atom. The van der Waals surface area contributed by atoms with E-state index >= 15 is 0 Å². The molecule has 0 radical (unpaired) electrons. The summed E-state index contributed by atoms with van der Waals surface area (Å²) in [6.45, 7) is 4.89. The van der Waals surface area contributed by atoms with Gasteiger partial charge in [-0.25, -0.2) is 8.42 Å². The fourth-order valence-corrected chi connectivity index (χ4v) is 4.67. The molecule has 172 valence electrons. The van der Waals surface area contributed by atoms with Crippen molar-refractivity contribution < 1.29 is 22.9 Å². The maximum atomic E-state index is 12.8. The average molecular weight is 463 g/mol. The van der Waals surface area contributed by atoms with Gasteiger partial charge in [-0.05, 0) is 42.3 Å². The van der Waals surface area contributed by atoms with E-state index in [2.05, 4.69) is 10.6 Å². The minimum absolute atomic E-state index is 0.0894. The zero-order chi connectivity index (χ0) is 23.3. The monoisotopic (exact) mass is 462 g/mol. The van der Waals surface area contributed by atoms with Crippen LogP contribution in [0.15, 0.2) is 47.4 Å². The molecule has 0 unspecified atom stereocenters. The number of nitro benzene ring substituents is 1. The third-order valence-electron chi connectivity index (χ3n) is 4.82. The lowest BCUT2D eigenvalue weighted by molar-refractivity contribution is -0.384. The summed E-state index contributed by atoms with van der Waals surface area (Å²) in [4.78, 5) is 22.7. The fraction of sp³-hybridized carbons (Fsp3) is 0.381. The molecule has 1 saturated heterocycles. The molecule has 11 heteroatoms. The first-order valence-electron chi connectivity index (χ1n) is 10.2. The van der Waals surface area contributed by atoms with Crippen LogP contribution in [0, 0.1) is 16.0 Å². The normalized spacial score (nSPS) is 14.8. The number of amides is 1. The summed E-state index contributed by atoms with van der Waals surface area (Å²) in [6.07, 6.45) is 0.409. The Bertz CT molecular complexity index is 1080. The average Bonchev–Trinajstić information content (AvgIpc) is 2.75. The molecule has 1 heterocycles. The number of hydrogen-bond acceptors (Lipinski definition) is 7. The van der Waals surface area contributed by atoms with Crippen LogP contribution >= 0.6 is 0 Å². The largest absolute Gasteiger partial charge is 0.379 e. The van der Waals surface area contributed by atoms with Gasteiger partial charge in [0, 0.05) is 37.0 Å². The number of nitro groups is 1. The van der Waals surface area contributed by atoms with Crippen molar-refractivity contribution in [3.63, 3.8) is 0 Å². The SMILES string of the molecule is CC(C)CC(=O)Nc1ccc(Nc2ccc(S(=O)(=O)N3CCOCC3)cc2[N+](=O)[O-])cc1. The van der Waals surface area contributed by atoms with Gasteiger partial charge in [-0.3, -0.25) is 14.9 Å². The van der Waals surface area contributed by atoms with Crippen molar-refractivity contribution >= 4 is 38.7 Å². The Balaban J connectivity index is 1.78. The second-order valence-corrected chi connectivity index (χ2v) is 9.74. The highest BCUT2D eigenvalue weighted by molar-refractivity contribution is 7.89. The minimum Gasteiger partial charge on any atom is -0.379 e. The molecule has 0 bridgehead atoms. The van der Waals surface area contributed by atoms with E-state index in [1.165, 1.54) is 16.4 Å². The summed E-state index contributed by atoms with van der Waals surface area (Å²) in [6, 6.07) is 10.5. The van der Waals surface area contributed by atoms with E-state index in [0.29, 0.717) is 17.8 Å². The van der Waals surface area contributed by atoms with Crippen LogP contribution in [-0.2, 0) is 19.6 Å². The lowest BCUT2D eigenvalue weighted by atomic mass is 10.1. The third-order valence-corrected chi connectivity index (χ3v) is 6.71. The number of sulfonamides is 1. The van der Waals surface area contributed by atoms with E-state index in [4.69, 9.17) is 4.74 Å². The van der Waals surface area contributed by atoms with Crippen LogP contribution in [0.3, 0.4) is 0 Å². The third kappa shape index (κ3) is 5.81. The second kappa shape index (κ2) is 10.1. The van der Waals surface area contributed by atoms with Gasteiger partial charge in [0.2, 0.25) is 15.9 Å². The van der Waals surface area contributed by atoms with Crippen molar-refractivity contribution in [2.24, 2.45) is 5.92 Å². The van der Waals surface area contributed by atoms with Crippen LogP contribution < -0.4 is 10.6 Å². The van der Waals surface area contributed by atoms with Crippen LogP contribution in [0.2, 0.25) is 0 Å². The molecule has 1 aliphatic heterocycles. The molecule has 0 spiro atoms. The van der Waals surface area contributed by atoms with Gasteiger partial charge < -0.3 is 15.4 Å². The van der Waals surface area contributed by atoms with E-state index in [1.807, 2.05) is 13.8 Å². The molecule has 32 heavy (non-hydrogen) atoms. The number of carbonyl (C=O) groups is 1. The number of nitrogens with one attached hydrogen (secondary N) is 2. The molecule has 2 N–H and O–H groups in total. The van der Waals surface area contributed by atoms with Crippen molar-refractivity contribution in [1.82, 2.24) is 4.31 Å². The molecule has 0 saturated carbocycles. The lowest BCUT2D eigenvalue weighted by Crippen LogP contribution is -2.40. The molecule has 0 atom stereocenters. The van der Waals surface area contributed by atoms with Gasteiger partial charge in [-0.2, -0.15) is 4.31 Å². The zero-order valence-corrected chi connectivity index (χ0v) is 18.7. The molecule has 1 aliphatic rings. The fourth-order valence-electron chi connectivity index (χ4n) is 3.24. The first kappa shape index (κ1) is 23.6. The van der Waals surface area contributed by atoms with Gasteiger partial charge in [-0.1, -0.05) is 13.8 Å². The second-order valence-electron chi connectivity index (χ2n) is 7.80. The number of benzene rings is 2. The summed E-state index contributed by atoms with van der Waals surface area (Å²) in [5.74, 6) is 0.153. The van der Waals surface area contributed by atoms with Crippen LogP contribution in [-0.4, -0.2) is 49.9 Å². The van der Waals surface area contributed by atoms with Crippen LogP contribution in [0.5, 0.6) is 0 Å². The highest BCUT2D eigenvalue weighted by Gasteiger charge is 2.29. The lowest BCUT2D eigenvalue weighted by Gasteiger charge is -2.26. The number of rotatable bonds is 8. The Kier molecular flexibility index (Phi) is 7.44. The summed E-state index contributed by atoms with van der Waals surface area (Å²) in [5.41, 5.74) is 0.975. The van der Waals surface area contributed by atoms with Crippen LogP contribution in [0.25, 0.3) is 0 Å². The number of nitrogens with zero attached hydrogens (tertiary/aromatic N) is 2. The van der Waals surface area contributed by atoms with E-state index in [9.17, 15) is 23.3 Å². The van der Waals surface area contributed by atoms with Crippen molar-refractivity contribution in [2.75, 3.05) is 36.9 Å². The Morgan fingerprint density at radius 2 is 1.75 bits per heavy atom. The van der Waals surface area contributed by atoms with E-state index in [1.54, 1.807) is 24.3 Å². The molecule has 1 amide bonds. The van der Waals surface area contributed by atoms with E-state index in [-0.39, 0.29) is 54.4 Å². The molecular weight excluding hydrogens is 436 g/mol. The summed E-state index contributed by atoms with van der Waals surface area (Å²) in [5, 5.41) is 17.4. The maximum Gasteiger partial charge on any atom is 0.294 e. The van der Waals surface area contributed by atoms with Crippen molar-refractivity contribution in [2.45, 2.75) is 25.2 Å². The molecule has 1 fully saturated rings. The standard InChI is InChI=1S/C21H26N4O6S/c1-15(2)13-21(26)23-17-5-3-16(4-6-17)22-19-8-7-18(14-20(19)25(27)28)32(29,30)24-9-11-31-12-10-24/h3-8,14-15,22H,9-13H2,1-2H3,(H,23,26). The molecule has 0 aliphatic carbocycles. The topological polar surface area (TPSA) is 131 Å². The predicted molar refractivity (Wildman–Crippen MR) is 120 cm³/mol. The summed E-state index contributed by atoms with van der Waals surface area (Å²) < 4.78 is 32.1. The van der Waals surface area contributed by atoms with E-state index in [0.717, 1.165) is 6.07 Å². The van der Waals surface area contributed by atoms with E-state index < -0.39 is 14.9 Å². The Morgan fingerprint density at radius 3 is 2.34 bits per heavy atom. The molecule has 3 rings (SSSR count). The number of morpholine rings is 1. The quantitative estimate of drug-likeness (QED) is 0.454. The molecule has 0 aromatic heterocycles. The Labute approximate surface area is 186 Å². The van der Waals surface area contributed by atoms with Gasteiger partial charge in [-0.15, -0.1) is 0 Å². The number of hydrogen-bond donors (Lipinski definition) is 2. The number of carbonyl (C=O) groups excluding carboxylic acids is 1. The van der Waals surface area contributed by atoms with Crippen LogP contribution in [0.4, 0.5) is 22.7 Å². The number of ether oxygens (including phenoxy) is 1. The number of anilines is 3. The highest BCUT2D eigenvalue weighted by atomic mass is 32.2. The first-order chi connectivity index (χ1) is 15.2. The van der Waals surface area contributed by atoms with Crippen molar-refractivity contribution in [3.8, 4) is 0 Å². The smallest absolute Gasteiger partial charge is 0.294 e. The van der Waals surface area contributed by atoms with Gasteiger partial charge in [0.15, 0.2) is 0 Å². The minimum atomic E-state index is -3.85. The van der Waals surface area contributed by atoms with Gasteiger partial charge in [0.25, 0.3) is 5.69 Å². The van der Waals surface area contributed by atoms with Crippen LogP contribution in [0.1, 0.15) is 20.3 Å². The van der Waals surface area contributed by atoms with Crippen molar-refractivity contribution in [3.05, 3.63) is 52.6 Å². The Hall–Kier alpha value is -3.02. The van der Waals surface area contributed by atoms with Crippen molar-refractivity contribution in [1.29, 1.82) is 0 Å². The van der Waals surface area contributed by atoms with Gasteiger partial charge in [0.1, 0.15) is 5.69 Å². The highest BCUT2D eigenvalue weighted by Crippen LogP contribution is 2.31. The zero-order valence-electron chi connectivity index (χ0n) is 17.9. The molecule has 2 aromatic rings. The first-order valence-corrected chi connectivity index (χ1v) is 11.6. The predicted octanol–water partition coefficient (Wildman–Crippen LogP) is 3.34. The van der Waals surface area contributed by atoms with Gasteiger partial charge in [0.05, 0.1) is 23.0 Å². The molecule has 2 aromatic carbocycles. The summed E-state index contributed by atoms with van der Waals surface area (Å²) in [7, 11) is -3.85. The van der Waals surface area contributed by atoms with Gasteiger partial charge >= 0.3 is 0 Å². The molecular formula is C21H26N4O6S. The molecule has 10 nitrogen and oxygen atoms in total.